The Hall–Kier alpha value is -3.09. The SMILES string of the molecule is COc1cccc(-c2cc(CNC(=O)c3cc(C(C)C)nn3C)no2)c1. The number of amides is 1. The van der Waals surface area contributed by atoms with E-state index < -0.39 is 0 Å². The van der Waals surface area contributed by atoms with E-state index in [1.54, 1.807) is 24.9 Å². The summed E-state index contributed by atoms with van der Waals surface area (Å²) in [6.45, 7) is 4.35. The maximum Gasteiger partial charge on any atom is 0.269 e. The van der Waals surface area contributed by atoms with Crippen LogP contribution in [-0.2, 0) is 13.6 Å². The Morgan fingerprint density at radius 3 is 2.81 bits per heavy atom. The molecule has 0 aliphatic heterocycles. The van der Waals surface area contributed by atoms with Crippen molar-refractivity contribution in [2.45, 2.75) is 26.3 Å². The zero-order valence-corrected chi connectivity index (χ0v) is 15.3. The van der Waals surface area contributed by atoms with Crippen LogP contribution in [0.4, 0.5) is 0 Å². The van der Waals surface area contributed by atoms with Gasteiger partial charge in [-0.25, -0.2) is 0 Å². The molecular formula is C19H22N4O3. The van der Waals surface area contributed by atoms with Crippen molar-refractivity contribution in [1.82, 2.24) is 20.3 Å². The number of carbonyl (C=O) groups is 1. The smallest absolute Gasteiger partial charge is 0.269 e. The van der Waals surface area contributed by atoms with Gasteiger partial charge in [-0.15, -0.1) is 0 Å². The van der Waals surface area contributed by atoms with Gasteiger partial charge in [0, 0.05) is 18.7 Å². The average molecular weight is 354 g/mol. The second-order valence-corrected chi connectivity index (χ2v) is 6.33. The van der Waals surface area contributed by atoms with Crippen LogP contribution in [0.25, 0.3) is 11.3 Å². The Bertz CT molecular complexity index is 911. The maximum absolute atomic E-state index is 12.4. The number of nitrogens with one attached hydrogen (secondary N) is 1. The van der Waals surface area contributed by atoms with Gasteiger partial charge in [0.15, 0.2) is 5.76 Å². The molecule has 0 bridgehead atoms. The van der Waals surface area contributed by atoms with Crippen molar-refractivity contribution in [1.29, 1.82) is 0 Å². The highest BCUT2D eigenvalue weighted by molar-refractivity contribution is 5.92. The summed E-state index contributed by atoms with van der Waals surface area (Å²) in [4.78, 5) is 12.4. The molecule has 0 radical (unpaired) electrons. The lowest BCUT2D eigenvalue weighted by atomic mass is 10.1. The molecule has 7 nitrogen and oxygen atoms in total. The van der Waals surface area contributed by atoms with E-state index in [-0.39, 0.29) is 18.4 Å². The minimum Gasteiger partial charge on any atom is -0.497 e. The quantitative estimate of drug-likeness (QED) is 0.735. The number of benzene rings is 1. The number of hydrogen-bond acceptors (Lipinski definition) is 5. The van der Waals surface area contributed by atoms with Crippen LogP contribution in [0, 0.1) is 0 Å². The normalized spacial score (nSPS) is 11.0. The molecule has 1 amide bonds. The number of hydrogen-bond donors (Lipinski definition) is 1. The van der Waals surface area contributed by atoms with Gasteiger partial charge in [-0.2, -0.15) is 5.10 Å². The molecule has 0 spiro atoms. The Labute approximate surface area is 151 Å². The highest BCUT2D eigenvalue weighted by Crippen LogP contribution is 2.24. The summed E-state index contributed by atoms with van der Waals surface area (Å²) in [5.74, 6) is 1.43. The number of aromatic nitrogens is 3. The fraction of sp³-hybridized carbons (Fsp3) is 0.316. The first-order chi connectivity index (χ1) is 12.5. The number of aryl methyl sites for hydroxylation is 1. The summed E-state index contributed by atoms with van der Waals surface area (Å²) in [6.07, 6.45) is 0. The predicted octanol–water partition coefficient (Wildman–Crippen LogP) is 3.14. The maximum atomic E-state index is 12.4. The summed E-state index contributed by atoms with van der Waals surface area (Å²) in [5.41, 5.74) is 2.91. The Kier molecular flexibility index (Phi) is 5.06. The van der Waals surface area contributed by atoms with Gasteiger partial charge in [-0.3, -0.25) is 9.48 Å². The van der Waals surface area contributed by atoms with Gasteiger partial charge >= 0.3 is 0 Å². The Morgan fingerprint density at radius 1 is 1.31 bits per heavy atom. The van der Waals surface area contributed by atoms with Crippen molar-refractivity contribution in [3.8, 4) is 17.1 Å². The summed E-state index contributed by atoms with van der Waals surface area (Å²) in [7, 11) is 3.38. The molecule has 1 aromatic carbocycles. The molecule has 2 aromatic heterocycles. The second kappa shape index (κ2) is 7.43. The number of nitrogens with zero attached hydrogens (tertiary/aromatic N) is 3. The topological polar surface area (TPSA) is 82.2 Å². The molecule has 3 aromatic rings. The summed E-state index contributed by atoms with van der Waals surface area (Å²) < 4.78 is 12.2. The predicted molar refractivity (Wildman–Crippen MR) is 97.0 cm³/mol. The zero-order valence-electron chi connectivity index (χ0n) is 15.3. The first kappa shape index (κ1) is 17.7. The van der Waals surface area contributed by atoms with Crippen LogP contribution >= 0.6 is 0 Å². The third-order valence-corrected chi connectivity index (χ3v) is 4.07. The Balaban J connectivity index is 1.67. The van der Waals surface area contributed by atoms with Gasteiger partial charge in [0.1, 0.15) is 17.1 Å². The van der Waals surface area contributed by atoms with E-state index in [1.807, 2.05) is 44.2 Å². The molecule has 0 unspecified atom stereocenters. The summed E-state index contributed by atoms with van der Waals surface area (Å²) in [6, 6.07) is 11.1. The van der Waals surface area contributed by atoms with Crippen molar-refractivity contribution in [3.63, 3.8) is 0 Å². The molecule has 0 aliphatic rings. The summed E-state index contributed by atoms with van der Waals surface area (Å²) in [5, 5.41) is 11.2. The molecule has 0 aliphatic carbocycles. The minimum atomic E-state index is -0.196. The van der Waals surface area contributed by atoms with Gasteiger partial charge in [-0.05, 0) is 24.1 Å². The third-order valence-electron chi connectivity index (χ3n) is 4.07. The van der Waals surface area contributed by atoms with E-state index in [0.29, 0.717) is 17.1 Å². The molecular weight excluding hydrogens is 332 g/mol. The van der Waals surface area contributed by atoms with Crippen LogP contribution in [0.1, 0.15) is 41.6 Å². The number of ether oxygens (including phenoxy) is 1. The molecule has 0 saturated heterocycles. The first-order valence-electron chi connectivity index (χ1n) is 8.40. The number of carbonyl (C=O) groups excluding carboxylic acids is 1. The van der Waals surface area contributed by atoms with Crippen LogP contribution in [0.15, 0.2) is 40.9 Å². The van der Waals surface area contributed by atoms with Gasteiger partial charge in [0.2, 0.25) is 0 Å². The summed E-state index contributed by atoms with van der Waals surface area (Å²) >= 11 is 0. The molecule has 136 valence electrons. The second-order valence-electron chi connectivity index (χ2n) is 6.33. The van der Waals surface area contributed by atoms with E-state index >= 15 is 0 Å². The lowest BCUT2D eigenvalue weighted by molar-refractivity contribution is 0.0940. The van der Waals surface area contributed by atoms with Crippen LogP contribution in [0.5, 0.6) is 5.75 Å². The van der Waals surface area contributed by atoms with Crippen molar-refractivity contribution in [3.05, 3.63) is 53.5 Å². The first-order valence-corrected chi connectivity index (χ1v) is 8.40. The minimum absolute atomic E-state index is 0.196. The molecule has 0 fully saturated rings. The van der Waals surface area contributed by atoms with Crippen molar-refractivity contribution in [2.75, 3.05) is 7.11 Å². The molecule has 0 atom stereocenters. The van der Waals surface area contributed by atoms with Crippen molar-refractivity contribution >= 4 is 5.91 Å². The van der Waals surface area contributed by atoms with Gasteiger partial charge in [-0.1, -0.05) is 31.1 Å². The van der Waals surface area contributed by atoms with Crippen LogP contribution in [0.3, 0.4) is 0 Å². The molecule has 3 rings (SSSR count). The molecule has 2 heterocycles. The average Bonchev–Trinajstić information content (AvgIpc) is 3.26. The van der Waals surface area contributed by atoms with E-state index in [0.717, 1.165) is 17.0 Å². The highest BCUT2D eigenvalue weighted by atomic mass is 16.5. The van der Waals surface area contributed by atoms with Crippen LogP contribution in [-0.4, -0.2) is 28.0 Å². The zero-order chi connectivity index (χ0) is 18.7. The van der Waals surface area contributed by atoms with Gasteiger partial charge in [0.05, 0.1) is 19.3 Å². The number of rotatable bonds is 6. The van der Waals surface area contributed by atoms with E-state index in [4.69, 9.17) is 9.26 Å². The third kappa shape index (κ3) is 3.77. The highest BCUT2D eigenvalue weighted by Gasteiger charge is 2.15. The molecule has 26 heavy (non-hydrogen) atoms. The van der Waals surface area contributed by atoms with Gasteiger partial charge < -0.3 is 14.6 Å². The fourth-order valence-corrected chi connectivity index (χ4v) is 2.55. The standard InChI is InChI=1S/C19H22N4O3/c1-12(2)16-10-17(23(3)21-16)19(24)20-11-14-9-18(26-22-14)13-6-5-7-15(8-13)25-4/h5-10,12H,11H2,1-4H3,(H,20,24). The lowest BCUT2D eigenvalue weighted by Crippen LogP contribution is -2.25. The number of methoxy groups -OCH3 is 1. The molecule has 1 N–H and O–H groups in total. The largest absolute Gasteiger partial charge is 0.497 e. The van der Waals surface area contributed by atoms with Gasteiger partial charge in [0.25, 0.3) is 5.91 Å². The van der Waals surface area contributed by atoms with E-state index in [9.17, 15) is 4.79 Å². The fourth-order valence-electron chi connectivity index (χ4n) is 2.55. The van der Waals surface area contributed by atoms with Crippen LogP contribution < -0.4 is 10.1 Å². The van der Waals surface area contributed by atoms with E-state index in [1.165, 1.54) is 0 Å². The van der Waals surface area contributed by atoms with Crippen LogP contribution in [0.2, 0.25) is 0 Å². The molecule has 0 saturated carbocycles. The monoisotopic (exact) mass is 354 g/mol. The molecule has 7 heteroatoms. The van der Waals surface area contributed by atoms with Crippen molar-refractivity contribution < 1.29 is 14.1 Å². The van der Waals surface area contributed by atoms with Crippen molar-refractivity contribution in [2.24, 2.45) is 7.05 Å². The lowest BCUT2D eigenvalue weighted by Gasteiger charge is -2.02. The Morgan fingerprint density at radius 2 is 2.12 bits per heavy atom. The van der Waals surface area contributed by atoms with E-state index in [2.05, 4.69) is 15.6 Å².